The lowest BCUT2D eigenvalue weighted by atomic mass is 9.83. The van der Waals surface area contributed by atoms with E-state index in [0.29, 0.717) is 5.92 Å². The highest BCUT2D eigenvalue weighted by Crippen LogP contribution is 2.39. The van der Waals surface area contributed by atoms with Crippen LogP contribution in [0.4, 0.5) is 0 Å². The summed E-state index contributed by atoms with van der Waals surface area (Å²) in [5.41, 5.74) is 9.50. The molecule has 0 aromatic heterocycles. The summed E-state index contributed by atoms with van der Waals surface area (Å²) in [5, 5.41) is 0. The average Bonchev–Trinajstić information content (AvgIpc) is 3.12. The quantitative estimate of drug-likeness (QED) is 0.489. The van der Waals surface area contributed by atoms with E-state index in [0.717, 1.165) is 6.42 Å². The van der Waals surface area contributed by atoms with E-state index in [1.54, 1.807) is 0 Å². The molecule has 0 heterocycles. The van der Waals surface area contributed by atoms with Crippen LogP contribution in [0.25, 0.3) is 5.57 Å². The molecule has 128 valence electrons. The molecule has 0 spiro atoms. The molecule has 4 rings (SSSR count). The van der Waals surface area contributed by atoms with Crippen molar-refractivity contribution in [2.24, 2.45) is 0 Å². The second kappa shape index (κ2) is 7.17. The largest absolute Gasteiger partial charge is 0.0726 e. The Morgan fingerprint density at radius 1 is 0.692 bits per heavy atom. The minimum Gasteiger partial charge on any atom is -0.0726 e. The van der Waals surface area contributed by atoms with Crippen LogP contribution in [0.3, 0.4) is 0 Å². The van der Waals surface area contributed by atoms with Gasteiger partial charge in [-0.1, -0.05) is 108 Å². The highest BCUT2D eigenvalue weighted by atomic mass is 14.3. The number of rotatable bonds is 4. The molecule has 1 aliphatic rings. The first-order chi connectivity index (χ1) is 12.7. The van der Waals surface area contributed by atoms with Gasteiger partial charge in [0.2, 0.25) is 0 Å². The summed E-state index contributed by atoms with van der Waals surface area (Å²) in [6.07, 6.45) is 5.77. The average molecular weight is 336 g/mol. The number of aryl methyl sites for hydroxylation is 2. The lowest BCUT2D eigenvalue weighted by molar-refractivity contribution is 0.915. The molecule has 0 radical (unpaired) electrons. The van der Waals surface area contributed by atoms with Gasteiger partial charge in [-0.25, -0.2) is 0 Å². The Balaban J connectivity index is 1.77. The topological polar surface area (TPSA) is 0 Å². The van der Waals surface area contributed by atoms with E-state index in [-0.39, 0.29) is 0 Å². The second-order valence-corrected chi connectivity index (χ2v) is 7.21. The summed E-state index contributed by atoms with van der Waals surface area (Å²) in [6, 6.07) is 28.6. The summed E-state index contributed by atoms with van der Waals surface area (Å²) in [4.78, 5) is 0. The third kappa shape index (κ3) is 3.41. The highest BCUT2D eigenvalue weighted by molar-refractivity contribution is 5.78. The van der Waals surface area contributed by atoms with Crippen molar-refractivity contribution >= 4 is 5.57 Å². The molecule has 1 aliphatic carbocycles. The molecule has 0 nitrogen and oxygen atoms in total. The Hall–Kier alpha value is -2.86. The first-order valence-corrected chi connectivity index (χ1v) is 9.30. The van der Waals surface area contributed by atoms with Crippen molar-refractivity contribution in [3.8, 4) is 0 Å². The summed E-state index contributed by atoms with van der Waals surface area (Å²) in [6.45, 7) is 4.35. The molecule has 0 bridgehead atoms. The first-order valence-electron chi connectivity index (χ1n) is 9.30. The minimum atomic E-state index is 0.312. The maximum absolute atomic E-state index is 2.39. The van der Waals surface area contributed by atoms with Gasteiger partial charge in [-0.3, -0.25) is 0 Å². The van der Waals surface area contributed by atoms with Crippen LogP contribution in [0.1, 0.15) is 40.2 Å². The van der Waals surface area contributed by atoms with Crippen LogP contribution < -0.4 is 0 Å². The lowest BCUT2D eigenvalue weighted by Gasteiger charge is -2.21. The molecule has 0 heteroatoms. The van der Waals surface area contributed by atoms with E-state index in [1.165, 1.54) is 39.0 Å². The molecular formula is C26H24. The van der Waals surface area contributed by atoms with Crippen molar-refractivity contribution in [1.29, 1.82) is 0 Å². The van der Waals surface area contributed by atoms with Gasteiger partial charge in [-0.2, -0.15) is 0 Å². The molecule has 3 aromatic rings. The summed E-state index contributed by atoms with van der Waals surface area (Å²) in [7, 11) is 0. The van der Waals surface area contributed by atoms with E-state index >= 15 is 0 Å². The van der Waals surface area contributed by atoms with Crippen LogP contribution in [0, 0.1) is 13.8 Å². The van der Waals surface area contributed by atoms with Gasteiger partial charge in [0, 0.05) is 5.92 Å². The standard InChI is InChI=1S/C26H24/c1-19-8-6-12-23(16-19)26(24-13-7-9-20(2)17-24)25-15-14-22(18-25)21-10-4-3-5-11-21/h3-14,16-18,26H,15H2,1-2H3. The van der Waals surface area contributed by atoms with Crippen molar-refractivity contribution in [3.63, 3.8) is 0 Å². The lowest BCUT2D eigenvalue weighted by Crippen LogP contribution is -2.04. The Bertz CT molecular complexity index is 928. The summed E-state index contributed by atoms with van der Waals surface area (Å²) < 4.78 is 0. The van der Waals surface area contributed by atoms with Gasteiger partial charge in [-0.05, 0) is 42.5 Å². The van der Waals surface area contributed by atoms with Crippen LogP contribution >= 0.6 is 0 Å². The van der Waals surface area contributed by atoms with Crippen molar-refractivity contribution in [3.05, 3.63) is 124 Å². The molecule has 3 aromatic carbocycles. The van der Waals surface area contributed by atoms with Crippen molar-refractivity contribution < 1.29 is 0 Å². The summed E-state index contributed by atoms with van der Waals surface area (Å²) in [5.74, 6) is 0.312. The van der Waals surface area contributed by atoms with Crippen molar-refractivity contribution in [2.75, 3.05) is 0 Å². The maximum atomic E-state index is 2.39. The molecule has 0 unspecified atom stereocenters. The van der Waals surface area contributed by atoms with Gasteiger partial charge >= 0.3 is 0 Å². The fourth-order valence-electron chi connectivity index (χ4n) is 3.90. The maximum Gasteiger partial charge on any atom is 0.0305 e. The van der Waals surface area contributed by atoms with Crippen LogP contribution in [0.2, 0.25) is 0 Å². The molecule has 26 heavy (non-hydrogen) atoms. The Morgan fingerprint density at radius 2 is 1.31 bits per heavy atom. The van der Waals surface area contributed by atoms with E-state index in [4.69, 9.17) is 0 Å². The number of hydrogen-bond donors (Lipinski definition) is 0. The van der Waals surface area contributed by atoms with Gasteiger partial charge in [0.15, 0.2) is 0 Å². The van der Waals surface area contributed by atoms with Gasteiger partial charge in [0.1, 0.15) is 0 Å². The Morgan fingerprint density at radius 3 is 1.88 bits per heavy atom. The second-order valence-electron chi connectivity index (χ2n) is 7.21. The fraction of sp³-hybridized carbons (Fsp3) is 0.154. The molecule has 0 aliphatic heterocycles. The molecule has 0 atom stereocenters. The molecule has 0 saturated carbocycles. The SMILES string of the molecule is Cc1cccc(C(C2=CC(c3ccccc3)=CC2)c2cccc(C)c2)c1. The summed E-state index contributed by atoms with van der Waals surface area (Å²) >= 11 is 0. The van der Waals surface area contributed by atoms with E-state index in [1.807, 2.05) is 0 Å². The normalized spacial score (nSPS) is 13.7. The number of allylic oxidation sites excluding steroid dienone is 4. The smallest absolute Gasteiger partial charge is 0.0305 e. The van der Waals surface area contributed by atoms with Gasteiger partial charge in [0.25, 0.3) is 0 Å². The molecular weight excluding hydrogens is 312 g/mol. The number of hydrogen-bond acceptors (Lipinski definition) is 0. The van der Waals surface area contributed by atoms with Crippen molar-refractivity contribution in [1.82, 2.24) is 0 Å². The van der Waals surface area contributed by atoms with E-state index in [9.17, 15) is 0 Å². The first kappa shape index (κ1) is 16.6. The zero-order chi connectivity index (χ0) is 17.9. The van der Waals surface area contributed by atoms with Crippen LogP contribution in [-0.2, 0) is 0 Å². The zero-order valence-electron chi connectivity index (χ0n) is 15.4. The molecule has 0 fully saturated rings. The van der Waals surface area contributed by atoms with Gasteiger partial charge in [-0.15, -0.1) is 0 Å². The minimum absolute atomic E-state index is 0.312. The fourth-order valence-corrected chi connectivity index (χ4v) is 3.90. The Labute approximate surface area is 156 Å². The highest BCUT2D eigenvalue weighted by Gasteiger charge is 2.22. The van der Waals surface area contributed by atoms with Crippen LogP contribution in [0.5, 0.6) is 0 Å². The van der Waals surface area contributed by atoms with Gasteiger partial charge in [0.05, 0.1) is 0 Å². The predicted molar refractivity (Wildman–Crippen MR) is 111 cm³/mol. The van der Waals surface area contributed by atoms with Crippen LogP contribution in [0.15, 0.2) is 96.6 Å². The van der Waals surface area contributed by atoms with Crippen LogP contribution in [-0.4, -0.2) is 0 Å². The number of benzene rings is 3. The van der Waals surface area contributed by atoms with E-state index in [2.05, 4.69) is 105 Å². The Kier molecular flexibility index (Phi) is 4.58. The monoisotopic (exact) mass is 336 g/mol. The van der Waals surface area contributed by atoms with E-state index < -0.39 is 0 Å². The predicted octanol–water partition coefficient (Wildman–Crippen LogP) is 6.85. The molecule has 0 saturated heterocycles. The zero-order valence-corrected chi connectivity index (χ0v) is 15.4. The third-order valence-electron chi connectivity index (χ3n) is 5.13. The third-order valence-corrected chi connectivity index (χ3v) is 5.13. The molecule has 0 N–H and O–H groups in total. The van der Waals surface area contributed by atoms with Gasteiger partial charge < -0.3 is 0 Å². The molecule has 0 amide bonds. The van der Waals surface area contributed by atoms with Crippen molar-refractivity contribution in [2.45, 2.75) is 26.2 Å².